The van der Waals surface area contributed by atoms with E-state index in [0.29, 0.717) is 10.9 Å². The van der Waals surface area contributed by atoms with Gasteiger partial charge >= 0.3 is 0 Å². The van der Waals surface area contributed by atoms with E-state index in [-0.39, 0.29) is 17.0 Å². The van der Waals surface area contributed by atoms with Crippen LogP contribution < -0.4 is 21.7 Å². The molecule has 0 unspecified atom stereocenters. The average molecular weight is 287 g/mol. The Morgan fingerprint density at radius 3 is 2.27 bits per heavy atom. The van der Waals surface area contributed by atoms with Crippen LogP contribution in [0.1, 0.15) is 5.56 Å². The van der Waals surface area contributed by atoms with E-state index < -0.39 is 0 Å². The van der Waals surface area contributed by atoms with E-state index in [0.717, 1.165) is 17.1 Å². The van der Waals surface area contributed by atoms with Crippen molar-refractivity contribution in [3.8, 4) is 17.6 Å². The van der Waals surface area contributed by atoms with Crippen LogP contribution in [0, 0.1) is 11.8 Å². The summed E-state index contributed by atoms with van der Waals surface area (Å²) in [6.45, 7) is 0. The third-order valence-corrected chi connectivity index (χ3v) is 2.41. The van der Waals surface area contributed by atoms with Crippen molar-refractivity contribution < 1.29 is 21.7 Å². The van der Waals surface area contributed by atoms with Gasteiger partial charge in [0.2, 0.25) is 0 Å². The monoisotopic (exact) mass is 286 g/mol. The second-order valence-electron chi connectivity index (χ2n) is 3.16. The summed E-state index contributed by atoms with van der Waals surface area (Å²) in [6, 6.07) is 7.83. The molecule has 0 N–H and O–H groups in total. The maximum Gasteiger partial charge on any atom is 0.168 e. The van der Waals surface area contributed by atoms with Crippen LogP contribution in [0.5, 0.6) is 5.75 Å². The molecule has 82 valence electrons. The van der Waals surface area contributed by atoms with Crippen LogP contribution in [0.2, 0.25) is 0 Å². The summed E-state index contributed by atoms with van der Waals surface area (Å²) in [6.07, 6.45) is 4.39. The first-order chi connectivity index (χ1) is 6.72. The molecule has 0 aliphatic rings. The van der Waals surface area contributed by atoms with Gasteiger partial charge in [0.1, 0.15) is 5.75 Å². The summed E-state index contributed by atoms with van der Waals surface area (Å²) in [5.74, 6) is 8.14. The number of halogens is 1. The third kappa shape index (κ3) is 5.76. The molecule has 0 atom stereocenters. The van der Waals surface area contributed by atoms with Crippen LogP contribution in [0.25, 0.3) is 0 Å². The van der Waals surface area contributed by atoms with E-state index >= 15 is 0 Å². The Hall–Kier alpha value is -0.590. The zero-order valence-corrected chi connectivity index (χ0v) is 11.6. The largest absolute Gasteiger partial charge is 1.00 e. The first kappa shape index (κ1) is 14.4. The second-order valence-corrected chi connectivity index (χ2v) is 5.42. The summed E-state index contributed by atoms with van der Waals surface area (Å²) < 4.78 is 5.07. The minimum Gasteiger partial charge on any atom is -1.00 e. The summed E-state index contributed by atoms with van der Waals surface area (Å²) in [7, 11) is 2.07. The Morgan fingerprint density at radius 2 is 1.80 bits per heavy atom. The van der Waals surface area contributed by atoms with Crippen molar-refractivity contribution in [3.63, 3.8) is 0 Å². The van der Waals surface area contributed by atoms with Crippen LogP contribution in [0.15, 0.2) is 24.3 Å². The topological polar surface area (TPSA) is 9.23 Å². The molecule has 1 aromatic carbocycles. The summed E-state index contributed by atoms with van der Waals surface area (Å²) >= 11 is 0. The van der Waals surface area contributed by atoms with Gasteiger partial charge in [-0.3, -0.25) is 0 Å². The smallest absolute Gasteiger partial charge is 0.168 e. The molecule has 0 amide bonds. The molecule has 3 heteroatoms. The molecule has 0 heterocycles. The van der Waals surface area contributed by atoms with Crippen LogP contribution in [0.3, 0.4) is 0 Å². The molecular weight excluding hydrogens is 272 g/mol. The quantitative estimate of drug-likeness (QED) is 0.497. The second kappa shape index (κ2) is 7.67. The minimum atomic E-state index is 0. The van der Waals surface area contributed by atoms with Crippen molar-refractivity contribution in [1.82, 2.24) is 0 Å². The molecular formula is C12H15BrOS. The van der Waals surface area contributed by atoms with Gasteiger partial charge in [0.25, 0.3) is 0 Å². The highest BCUT2D eigenvalue weighted by Gasteiger charge is 1.95. The molecule has 0 radical (unpaired) electrons. The maximum atomic E-state index is 5.07. The molecule has 0 aliphatic heterocycles. The number of hydrogen-bond acceptors (Lipinski definition) is 1. The molecule has 0 saturated heterocycles. The molecule has 1 rings (SSSR count). The van der Waals surface area contributed by atoms with Crippen molar-refractivity contribution in [2.75, 3.05) is 25.4 Å². The zero-order chi connectivity index (χ0) is 10.4. The Balaban J connectivity index is 0.00000196. The van der Waals surface area contributed by atoms with E-state index in [1.54, 1.807) is 7.11 Å². The van der Waals surface area contributed by atoms with Gasteiger partial charge in [0, 0.05) is 5.56 Å². The standard InChI is InChI=1S/C12H15OS.BrH/c1-13-12-8-6-11(7-9-12)5-4-10-14(2)3;/h6-9H,10H2,1-3H3;1H/q+1;/p-1. The fourth-order valence-electron chi connectivity index (χ4n) is 0.957. The molecule has 0 spiro atoms. The first-order valence-corrected chi connectivity index (χ1v) is 6.60. The predicted octanol–water partition coefficient (Wildman–Crippen LogP) is -1.07. The predicted molar refractivity (Wildman–Crippen MR) is 64.0 cm³/mol. The van der Waals surface area contributed by atoms with E-state index in [1.165, 1.54) is 0 Å². The van der Waals surface area contributed by atoms with Gasteiger partial charge in [-0.1, -0.05) is 5.92 Å². The van der Waals surface area contributed by atoms with Crippen LogP contribution >= 0.6 is 0 Å². The highest BCUT2D eigenvalue weighted by atomic mass is 79.9. The number of hydrogen-bond donors (Lipinski definition) is 0. The van der Waals surface area contributed by atoms with Gasteiger partial charge in [-0.2, -0.15) is 0 Å². The van der Waals surface area contributed by atoms with Crippen LogP contribution in [0.4, 0.5) is 0 Å². The molecule has 0 aromatic heterocycles. The van der Waals surface area contributed by atoms with Crippen molar-refractivity contribution in [3.05, 3.63) is 29.8 Å². The first-order valence-electron chi connectivity index (χ1n) is 4.39. The number of benzene rings is 1. The molecule has 0 fully saturated rings. The lowest BCUT2D eigenvalue weighted by molar-refractivity contribution is -0.00000329. The van der Waals surface area contributed by atoms with Crippen LogP contribution in [-0.2, 0) is 10.9 Å². The van der Waals surface area contributed by atoms with Crippen molar-refractivity contribution in [2.45, 2.75) is 0 Å². The van der Waals surface area contributed by atoms with Crippen molar-refractivity contribution in [1.29, 1.82) is 0 Å². The maximum absolute atomic E-state index is 5.07. The van der Waals surface area contributed by atoms with E-state index in [9.17, 15) is 0 Å². The van der Waals surface area contributed by atoms with Gasteiger partial charge in [0.05, 0.1) is 19.6 Å². The van der Waals surface area contributed by atoms with Gasteiger partial charge in [-0.15, -0.1) is 0 Å². The third-order valence-electron chi connectivity index (χ3n) is 1.68. The van der Waals surface area contributed by atoms with E-state index in [4.69, 9.17) is 4.74 Å². The fourth-order valence-corrected chi connectivity index (χ4v) is 1.32. The Morgan fingerprint density at radius 1 is 1.20 bits per heavy atom. The highest BCUT2D eigenvalue weighted by molar-refractivity contribution is 7.95. The molecule has 1 nitrogen and oxygen atoms in total. The molecule has 0 aliphatic carbocycles. The zero-order valence-electron chi connectivity index (χ0n) is 9.21. The van der Waals surface area contributed by atoms with Gasteiger partial charge in [-0.05, 0) is 41.1 Å². The molecule has 15 heavy (non-hydrogen) atoms. The van der Waals surface area contributed by atoms with Crippen molar-refractivity contribution in [2.24, 2.45) is 0 Å². The van der Waals surface area contributed by atoms with Gasteiger partial charge in [-0.25, -0.2) is 0 Å². The van der Waals surface area contributed by atoms with Gasteiger partial charge in [0.15, 0.2) is 5.75 Å². The van der Waals surface area contributed by atoms with E-state index in [2.05, 4.69) is 24.4 Å². The number of methoxy groups -OCH3 is 1. The number of ether oxygens (including phenoxy) is 1. The molecule has 1 aromatic rings. The SMILES string of the molecule is COc1ccc(C#CC[S+](C)C)cc1.[Br-]. The average Bonchev–Trinajstić information content (AvgIpc) is 2.18. The summed E-state index contributed by atoms with van der Waals surface area (Å²) in [4.78, 5) is 0. The van der Waals surface area contributed by atoms with Crippen molar-refractivity contribution >= 4 is 10.9 Å². The van der Waals surface area contributed by atoms with Gasteiger partial charge < -0.3 is 21.7 Å². The Bertz CT molecular complexity index is 335. The fraction of sp³-hybridized carbons (Fsp3) is 0.333. The molecule has 0 bridgehead atoms. The Kier molecular flexibility index (Phi) is 7.37. The summed E-state index contributed by atoms with van der Waals surface area (Å²) in [5, 5.41) is 0. The Labute approximate surface area is 105 Å². The lowest BCUT2D eigenvalue weighted by Gasteiger charge is -1.97. The lowest BCUT2D eigenvalue weighted by atomic mass is 10.2. The summed E-state index contributed by atoms with van der Waals surface area (Å²) in [5.41, 5.74) is 1.05. The highest BCUT2D eigenvalue weighted by Crippen LogP contribution is 2.09. The minimum absolute atomic E-state index is 0. The normalized spacial score (nSPS) is 8.80. The lowest BCUT2D eigenvalue weighted by Crippen LogP contribution is -3.00. The number of rotatable bonds is 2. The van der Waals surface area contributed by atoms with E-state index in [1.807, 2.05) is 24.3 Å². The van der Waals surface area contributed by atoms with Crippen LogP contribution in [-0.4, -0.2) is 25.4 Å². The molecule has 0 saturated carbocycles.